The van der Waals surface area contributed by atoms with Gasteiger partial charge in [-0.05, 0) is 48.1 Å². The van der Waals surface area contributed by atoms with E-state index < -0.39 is 11.8 Å². The molecule has 156 valence electrons. The molecule has 0 bridgehead atoms. The second-order valence-electron chi connectivity index (χ2n) is 7.69. The number of nitrogens with one attached hydrogen (secondary N) is 2. The molecule has 2 rings (SSSR count). The molecule has 0 radical (unpaired) electrons. The molecular formula is C23H30N2O4. The van der Waals surface area contributed by atoms with E-state index >= 15 is 0 Å². The maximum atomic E-state index is 12.4. The number of rotatable bonds is 8. The first-order chi connectivity index (χ1) is 13.8. The van der Waals surface area contributed by atoms with E-state index in [1.165, 1.54) is 0 Å². The Morgan fingerprint density at radius 1 is 0.931 bits per heavy atom. The maximum Gasteiger partial charge on any atom is 0.276 e. The molecule has 6 nitrogen and oxygen atoms in total. The van der Waals surface area contributed by atoms with Crippen molar-refractivity contribution in [3.05, 3.63) is 59.2 Å². The third kappa shape index (κ3) is 6.82. The lowest BCUT2D eigenvalue weighted by Gasteiger charge is -2.15. The number of hydrazine groups is 1. The number of ether oxygens (including phenoxy) is 2. The third-order valence-corrected chi connectivity index (χ3v) is 4.17. The van der Waals surface area contributed by atoms with Gasteiger partial charge in [0.1, 0.15) is 11.5 Å². The Morgan fingerprint density at radius 2 is 1.66 bits per heavy atom. The largest absolute Gasteiger partial charge is 0.492 e. The van der Waals surface area contributed by atoms with Crippen LogP contribution in [0.5, 0.6) is 11.5 Å². The van der Waals surface area contributed by atoms with Crippen LogP contribution >= 0.6 is 0 Å². The van der Waals surface area contributed by atoms with Crippen LogP contribution in [0.25, 0.3) is 0 Å². The summed E-state index contributed by atoms with van der Waals surface area (Å²) >= 11 is 0. The number of benzene rings is 2. The number of hydrogen-bond donors (Lipinski definition) is 2. The molecule has 0 saturated heterocycles. The molecule has 2 N–H and O–H groups in total. The summed E-state index contributed by atoms with van der Waals surface area (Å²) in [5.41, 5.74) is 7.24. The second kappa shape index (κ2) is 10.5. The first-order valence-electron chi connectivity index (χ1n) is 9.82. The zero-order valence-electron chi connectivity index (χ0n) is 17.7. The molecule has 0 atom stereocenters. The van der Waals surface area contributed by atoms with Gasteiger partial charge in [-0.1, -0.05) is 52.0 Å². The monoisotopic (exact) mass is 398 g/mol. The molecule has 2 aromatic rings. The fraction of sp³-hybridized carbons (Fsp3) is 0.391. The zero-order valence-corrected chi connectivity index (χ0v) is 17.7. The van der Waals surface area contributed by atoms with Crippen molar-refractivity contribution in [2.75, 3.05) is 13.2 Å². The van der Waals surface area contributed by atoms with Gasteiger partial charge in [-0.2, -0.15) is 0 Å². The van der Waals surface area contributed by atoms with Crippen molar-refractivity contribution in [3.8, 4) is 11.5 Å². The van der Waals surface area contributed by atoms with Gasteiger partial charge in [-0.15, -0.1) is 0 Å². The predicted molar refractivity (Wildman–Crippen MR) is 113 cm³/mol. The van der Waals surface area contributed by atoms with Gasteiger partial charge < -0.3 is 9.47 Å². The Labute approximate surface area is 172 Å². The molecule has 0 unspecified atom stereocenters. The van der Waals surface area contributed by atoms with E-state index in [1.807, 2.05) is 39.0 Å². The van der Waals surface area contributed by atoms with Crippen molar-refractivity contribution in [1.82, 2.24) is 10.9 Å². The summed E-state index contributed by atoms with van der Waals surface area (Å²) in [6.45, 7) is 10.5. The average molecular weight is 399 g/mol. The van der Waals surface area contributed by atoms with Crippen LogP contribution in [-0.2, 0) is 4.79 Å². The van der Waals surface area contributed by atoms with E-state index in [0.717, 1.165) is 11.1 Å². The van der Waals surface area contributed by atoms with Crippen LogP contribution in [0.4, 0.5) is 0 Å². The molecule has 0 fully saturated rings. The predicted octanol–water partition coefficient (Wildman–Crippen LogP) is 3.99. The summed E-state index contributed by atoms with van der Waals surface area (Å²) in [6.07, 6.45) is 0. The molecular weight excluding hydrogens is 368 g/mol. The summed E-state index contributed by atoms with van der Waals surface area (Å²) in [4.78, 5) is 24.6. The normalized spacial score (nSPS) is 10.7. The van der Waals surface area contributed by atoms with Crippen molar-refractivity contribution >= 4 is 11.8 Å². The van der Waals surface area contributed by atoms with Crippen LogP contribution < -0.4 is 20.3 Å². The van der Waals surface area contributed by atoms with Crippen LogP contribution in [0.2, 0.25) is 0 Å². The number of carbonyl (C=O) groups is 2. The smallest absolute Gasteiger partial charge is 0.276 e. The van der Waals surface area contributed by atoms with Crippen LogP contribution in [0.15, 0.2) is 42.5 Å². The van der Waals surface area contributed by atoms with Gasteiger partial charge in [-0.3, -0.25) is 20.4 Å². The van der Waals surface area contributed by atoms with Gasteiger partial charge >= 0.3 is 0 Å². The Morgan fingerprint density at radius 3 is 2.34 bits per heavy atom. The van der Waals surface area contributed by atoms with Crippen molar-refractivity contribution in [2.45, 2.75) is 40.5 Å². The quantitative estimate of drug-likeness (QED) is 0.659. The number of para-hydroxylation sites is 1. The van der Waals surface area contributed by atoms with E-state index in [4.69, 9.17) is 9.47 Å². The van der Waals surface area contributed by atoms with Crippen LogP contribution in [0, 0.1) is 12.8 Å². The molecule has 0 aliphatic carbocycles. The first kappa shape index (κ1) is 22.3. The fourth-order valence-electron chi connectivity index (χ4n) is 2.65. The Balaban J connectivity index is 1.92. The molecule has 29 heavy (non-hydrogen) atoms. The summed E-state index contributed by atoms with van der Waals surface area (Å²) in [5.74, 6) is 0.863. The highest BCUT2D eigenvalue weighted by Crippen LogP contribution is 2.27. The Hall–Kier alpha value is -3.02. The van der Waals surface area contributed by atoms with Gasteiger partial charge in [0.05, 0.1) is 12.2 Å². The van der Waals surface area contributed by atoms with Crippen molar-refractivity contribution in [2.24, 2.45) is 5.92 Å². The standard InChI is InChI=1S/C23H30N2O4/c1-15(2)13-28-20-9-7-6-8-19(20)23(27)25-24-22(26)14-29-21-12-17(5)10-11-18(21)16(3)4/h6-12,15-16H,13-14H2,1-5H3,(H,24,26)(H,25,27). The molecule has 6 heteroatoms. The highest BCUT2D eigenvalue weighted by atomic mass is 16.5. The summed E-state index contributed by atoms with van der Waals surface area (Å²) in [5, 5.41) is 0. The van der Waals surface area contributed by atoms with E-state index in [2.05, 4.69) is 24.7 Å². The first-order valence-corrected chi connectivity index (χ1v) is 9.82. The molecule has 2 amide bonds. The van der Waals surface area contributed by atoms with Gasteiger partial charge in [0.2, 0.25) is 0 Å². The summed E-state index contributed by atoms with van der Waals surface area (Å²) in [7, 11) is 0. The summed E-state index contributed by atoms with van der Waals surface area (Å²) < 4.78 is 11.4. The van der Waals surface area contributed by atoms with Crippen LogP contribution in [0.1, 0.15) is 55.1 Å². The average Bonchev–Trinajstić information content (AvgIpc) is 2.68. The van der Waals surface area contributed by atoms with Gasteiger partial charge in [0.15, 0.2) is 6.61 Å². The lowest BCUT2D eigenvalue weighted by atomic mass is 10.0. The lowest BCUT2D eigenvalue weighted by molar-refractivity contribution is -0.123. The third-order valence-electron chi connectivity index (χ3n) is 4.17. The van der Waals surface area contributed by atoms with Crippen molar-refractivity contribution in [3.63, 3.8) is 0 Å². The molecule has 0 aromatic heterocycles. The molecule has 0 aliphatic heterocycles. The molecule has 0 aliphatic rings. The number of aryl methyl sites for hydroxylation is 1. The number of hydrogen-bond acceptors (Lipinski definition) is 4. The fourth-order valence-corrected chi connectivity index (χ4v) is 2.65. The SMILES string of the molecule is Cc1ccc(C(C)C)c(OCC(=O)NNC(=O)c2ccccc2OCC(C)C)c1. The van der Waals surface area contributed by atoms with Crippen LogP contribution in [0.3, 0.4) is 0 Å². The molecule has 0 spiro atoms. The minimum absolute atomic E-state index is 0.199. The molecule has 2 aromatic carbocycles. The van der Waals surface area contributed by atoms with E-state index in [-0.39, 0.29) is 12.5 Å². The van der Waals surface area contributed by atoms with Gasteiger partial charge in [-0.25, -0.2) is 0 Å². The molecule has 0 saturated carbocycles. The minimum Gasteiger partial charge on any atom is -0.492 e. The van der Waals surface area contributed by atoms with E-state index in [9.17, 15) is 9.59 Å². The molecule has 0 heterocycles. The topological polar surface area (TPSA) is 76.7 Å². The zero-order chi connectivity index (χ0) is 21.4. The van der Waals surface area contributed by atoms with E-state index in [1.54, 1.807) is 24.3 Å². The summed E-state index contributed by atoms with van der Waals surface area (Å²) in [6, 6.07) is 12.8. The van der Waals surface area contributed by atoms with Gasteiger partial charge in [0, 0.05) is 0 Å². The highest BCUT2D eigenvalue weighted by molar-refractivity contribution is 5.97. The van der Waals surface area contributed by atoms with E-state index in [0.29, 0.717) is 29.6 Å². The number of carbonyl (C=O) groups excluding carboxylic acids is 2. The van der Waals surface area contributed by atoms with Crippen LogP contribution in [-0.4, -0.2) is 25.0 Å². The second-order valence-corrected chi connectivity index (χ2v) is 7.69. The maximum absolute atomic E-state index is 12.4. The highest BCUT2D eigenvalue weighted by Gasteiger charge is 2.14. The van der Waals surface area contributed by atoms with Crippen molar-refractivity contribution in [1.29, 1.82) is 0 Å². The number of amides is 2. The lowest BCUT2D eigenvalue weighted by Crippen LogP contribution is -2.44. The minimum atomic E-state index is -0.449. The van der Waals surface area contributed by atoms with Crippen molar-refractivity contribution < 1.29 is 19.1 Å². The van der Waals surface area contributed by atoms with Gasteiger partial charge in [0.25, 0.3) is 11.8 Å². The Kier molecular flexibility index (Phi) is 8.07. The Bertz CT molecular complexity index is 847.